The molecule has 4 nitrogen and oxygen atoms in total. The van der Waals surface area contributed by atoms with Crippen molar-refractivity contribution in [3.8, 4) is 0 Å². The maximum atomic E-state index is 12.9. The van der Waals surface area contributed by atoms with Crippen LogP contribution in [0.3, 0.4) is 0 Å². The Labute approximate surface area is 118 Å². The van der Waals surface area contributed by atoms with Gasteiger partial charge in [-0.1, -0.05) is 0 Å². The molecule has 108 valence electrons. The maximum absolute atomic E-state index is 12.9. The Kier molecular flexibility index (Phi) is 3.87. The number of hydrogen-bond donors (Lipinski definition) is 1. The zero-order valence-corrected chi connectivity index (χ0v) is 11.5. The second-order valence-electron chi connectivity index (χ2n) is 5.48. The number of rotatable bonds is 2. The highest BCUT2D eigenvalue weighted by molar-refractivity contribution is 5.79. The molecule has 2 fully saturated rings. The second-order valence-corrected chi connectivity index (χ2v) is 5.48. The van der Waals surface area contributed by atoms with Crippen molar-refractivity contribution in [2.45, 2.75) is 6.42 Å². The van der Waals surface area contributed by atoms with Crippen molar-refractivity contribution in [1.82, 2.24) is 10.2 Å². The molecule has 2 heterocycles. The molecule has 20 heavy (non-hydrogen) atoms. The Morgan fingerprint density at radius 2 is 1.85 bits per heavy atom. The van der Waals surface area contributed by atoms with Gasteiger partial charge >= 0.3 is 0 Å². The number of piperazine rings is 1. The predicted molar refractivity (Wildman–Crippen MR) is 76.2 cm³/mol. The lowest BCUT2D eigenvalue weighted by atomic mass is 10.1. The molecule has 1 unspecified atom stereocenters. The molecular weight excluding hydrogens is 257 g/mol. The van der Waals surface area contributed by atoms with Gasteiger partial charge in [0.15, 0.2) is 0 Å². The van der Waals surface area contributed by atoms with E-state index in [0.29, 0.717) is 0 Å². The molecule has 0 radical (unpaired) electrons. The van der Waals surface area contributed by atoms with Crippen LogP contribution >= 0.6 is 0 Å². The Morgan fingerprint density at radius 3 is 2.45 bits per heavy atom. The number of carbonyl (C=O) groups excluding carboxylic acids is 1. The van der Waals surface area contributed by atoms with Crippen LogP contribution in [0.1, 0.15) is 6.42 Å². The lowest BCUT2D eigenvalue weighted by Gasteiger charge is -2.37. The molecule has 1 atom stereocenters. The Morgan fingerprint density at radius 1 is 1.15 bits per heavy atom. The molecule has 1 aromatic carbocycles. The Balaban J connectivity index is 1.56. The summed E-state index contributed by atoms with van der Waals surface area (Å²) in [4.78, 5) is 16.5. The third-order valence-corrected chi connectivity index (χ3v) is 4.19. The summed E-state index contributed by atoms with van der Waals surface area (Å²) < 4.78 is 12.9. The number of hydrogen-bond acceptors (Lipinski definition) is 3. The molecule has 2 aliphatic heterocycles. The van der Waals surface area contributed by atoms with Gasteiger partial charge in [0.25, 0.3) is 0 Å². The van der Waals surface area contributed by atoms with E-state index in [1.165, 1.54) is 12.1 Å². The van der Waals surface area contributed by atoms with Gasteiger partial charge in [0.05, 0.1) is 5.92 Å². The van der Waals surface area contributed by atoms with E-state index in [0.717, 1.165) is 51.4 Å². The Bertz CT molecular complexity index is 463. The van der Waals surface area contributed by atoms with Crippen LogP contribution < -0.4 is 10.2 Å². The van der Waals surface area contributed by atoms with Crippen LogP contribution in [0, 0.1) is 11.7 Å². The smallest absolute Gasteiger partial charge is 0.227 e. The monoisotopic (exact) mass is 277 g/mol. The normalized spacial score (nSPS) is 23.1. The van der Waals surface area contributed by atoms with Gasteiger partial charge in [-0.05, 0) is 37.2 Å². The van der Waals surface area contributed by atoms with E-state index in [9.17, 15) is 9.18 Å². The van der Waals surface area contributed by atoms with Gasteiger partial charge in [-0.25, -0.2) is 4.39 Å². The molecule has 0 aliphatic carbocycles. The number of benzene rings is 1. The number of halogens is 1. The highest BCUT2D eigenvalue weighted by Crippen LogP contribution is 2.19. The van der Waals surface area contributed by atoms with Gasteiger partial charge in [-0.2, -0.15) is 0 Å². The summed E-state index contributed by atoms with van der Waals surface area (Å²) >= 11 is 0. The first-order valence-electron chi connectivity index (χ1n) is 7.24. The van der Waals surface area contributed by atoms with E-state index >= 15 is 0 Å². The second kappa shape index (κ2) is 5.79. The molecular formula is C15H20FN3O. The third-order valence-electron chi connectivity index (χ3n) is 4.19. The average Bonchev–Trinajstić information content (AvgIpc) is 3.02. The first kappa shape index (κ1) is 13.4. The lowest BCUT2D eigenvalue weighted by molar-refractivity contribution is -0.135. The number of carbonyl (C=O) groups is 1. The summed E-state index contributed by atoms with van der Waals surface area (Å²) in [6, 6.07) is 6.57. The fourth-order valence-electron chi connectivity index (χ4n) is 2.96. The molecule has 0 spiro atoms. The van der Waals surface area contributed by atoms with Crippen molar-refractivity contribution in [1.29, 1.82) is 0 Å². The van der Waals surface area contributed by atoms with Crippen molar-refractivity contribution in [2.24, 2.45) is 5.92 Å². The molecule has 2 saturated heterocycles. The highest BCUT2D eigenvalue weighted by atomic mass is 19.1. The van der Waals surface area contributed by atoms with Crippen molar-refractivity contribution in [2.75, 3.05) is 44.2 Å². The molecule has 5 heteroatoms. The van der Waals surface area contributed by atoms with Gasteiger partial charge in [-0.3, -0.25) is 4.79 Å². The van der Waals surface area contributed by atoms with Crippen molar-refractivity contribution in [3.05, 3.63) is 30.1 Å². The zero-order valence-electron chi connectivity index (χ0n) is 11.5. The molecule has 1 N–H and O–H groups in total. The van der Waals surface area contributed by atoms with Gasteiger partial charge in [0.2, 0.25) is 5.91 Å². The van der Waals surface area contributed by atoms with E-state index in [-0.39, 0.29) is 17.6 Å². The van der Waals surface area contributed by atoms with Gasteiger partial charge < -0.3 is 15.1 Å². The first-order chi connectivity index (χ1) is 9.74. The molecule has 0 bridgehead atoms. The standard InChI is InChI=1S/C15H20FN3O/c16-13-1-3-14(4-2-13)18-7-9-19(10-8-18)15(20)12-5-6-17-11-12/h1-4,12,17H,5-11H2. The van der Waals surface area contributed by atoms with Gasteiger partial charge in [0.1, 0.15) is 5.82 Å². The van der Waals surface area contributed by atoms with Crippen LogP contribution in [0.2, 0.25) is 0 Å². The zero-order chi connectivity index (χ0) is 13.9. The molecule has 0 saturated carbocycles. The molecule has 1 amide bonds. The SMILES string of the molecule is O=C(C1CCNC1)N1CCN(c2ccc(F)cc2)CC1. The van der Waals surface area contributed by atoms with E-state index in [2.05, 4.69) is 10.2 Å². The molecule has 1 aromatic rings. The van der Waals surface area contributed by atoms with E-state index < -0.39 is 0 Å². The fourth-order valence-corrected chi connectivity index (χ4v) is 2.96. The van der Waals surface area contributed by atoms with Gasteiger partial charge in [-0.15, -0.1) is 0 Å². The summed E-state index contributed by atoms with van der Waals surface area (Å²) in [5.74, 6) is 0.234. The largest absolute Gasteiger partial charge is 0.368 e. The van der Waals surface area contributed by atoms with Crippen LogP contribution in [0.15, 0.2) is 24.3 Å². The predicted octanol–water partition coefficient (Wildman–Crippen LogP) is 1.08. The van der Waals surface area contributed by atoms with E-state index in [4.69, 9.17) is 0 Å². The minimum absolute atomic E-state index is 0.160. The highest BCUT2D eigenvalue weighted by Gasteiger charge is 2.29. The summed E-state index contributed by atoms with van der Waals surface area (Å²) in [5.41, 5.74) is 1.03. The summed E-state index contributed by atoms with van der Waals surface area (Å²) in [6.45, 7) is 4.91. The first-order valence-corrected chi connectivity index (χ1v) is 7.24. The van der Waals surface area contributed by atoms with Crippen LogP contribution in [-0.2, 0) is 4.79 Å². The molecule has 2 aliphatic rings. The van der Waals surface area contributed by atoms with Crippen LogP contribution in [0.5, 0.6) is 0 Å². The summed E-state index contributed by atoms with van der Waals surface area (Å²) in [7, 11) is 0. The minimum atomic E-state index is -0.212. The van der Waals surface area contributed by atoms with Crippen LogP contribution in [0.25, 0.3) is 0 Å². The summed E-state index contributed by atoms with van der Waals surface area (Å²) in [5, 5.41) is 3.24. The van der Waals surface area contributed by atoms with Crippen molar-refractivity contribution < 1.29 is 9.18 Å². The maximum Gasteiger partial charge on any atom is 0.227 e. The molecule has 0 aromatic heterocycles. The third kappa shape index (κ3) is 2.77. The quantitative estimate of drug-likeness (QED) is 0.879. The van der Waals surface area contributed by atoms with E-state index in [1.807, 2.05) is 4.90 Å². The number of nitrogens with zero attached hydrogens (tertiary/aromatic N) is 2. The van der Waals surface area contributed by atoms with Crippen molar-refractivity contribution in [3.63, 3.8) is 0 Å². The molecule has 3 rings (SSSR count). The van der Waals surface area contributed by atoms with Crippen LogP contribution in [-0.4, -0.2) is 50.1 Å². The lowest BCUT2D eigenvalue weighted by Crippen LogP contribution is -2.50. The average molecular weight is 277 g/mol. The van der Waals surface area contributed by atoms with Crippen LogP contribution in [0.4, 0.5) is 10.1 Å². The number of nitrogens with one attached hydrogen (secondary N) is 1. The van der Waals surface area contributed by atoms with E-state index in [1.54, 1.807) is 12.1 Å². The number of anilines is 1. The topological polar surface area (TPSA) is 35.6 Å². The Hall–Kier alpha value is -1.62. The fraction of sp³-hybridized carbons (Fsp3) is 0.533. The number of amides is 1. The minimum Gasteiger partial charge on any atom is -0.368 e. The van der Waals surface area contributed by atoms with Crippen molar-refractivity contribution >= 4 is 11.6 Å². The van der Waals surface area contributed by atoms with Gasteiger partial charge in [0, 0.05) is 38.4 Å². The summed E-state index contributed by atoms with van der Waals surface area (Å²) in [6.07, 6.45) is 0.955.